The molecule has 0 unspecified atom stereocenters. The molecule has 0 bridgehead atoms. The number of hydrogen-bond donors (Lipinski definition) is 1. The van der Waals surface area contributed by atoms with E-state index in [1.807, 2.05) is 12.1 Å². The summed E-state index contributed by atoms with van der Waals surface area (Å²) in [7, 11) is 4.32. The maximum Gasteiger partial charge on any atom is 0.119 e. The average molecular weight is 306 g/mol. The molecule has 0 amide bonds. The Bertz CT molecular complexity index is 258. The molecule has 1 aromatic rings. The zero-order valence-electron chi connectivity index (χ0n) is 8.72. The van der Waals surface area contributed by atoms with E-state index in [0.717, 1.165) is 25.3 Å². The van der Waals surface area contributed by atoms with Gasteiger partial charge in [0.25, 0.3) is 0 Å². The molecule has 0 radical (unpaired) electrons. The molecule has 0 aliphatic heterocycles. The quantitative estimate of drug-likeness (QED) is 0.638. The lowest BCUT2D eigenvalue weighted by Gasteiger charge is -2.08. The highest BCUT2D eigenvalue weighted by atomic mass is 127. The Balaban J connectivity index is 2.21. The number of hydrogen-bond acceptors (Lipinski definition) is 1. The van der Waals surface area contributed by atoms with Gasteiger partial charge in [-0.1, -0.05) is 0 Å². The molecule has 0 aromatic heterocycles. The highest BCUT2D eigenvalue weighted by Crippen LogP contribution is 2.13. The number of ether oxygens (including phenoxy) is 1. The SMILES string of the molecule is C[NH+](C)CCCOc1ccc(I)cc1. The third kappa shape index (κ3) is 4.81. The maximum absolute atomic E-state index is 5.59. The zero-order chi connectivity index (χ0) is 10.4. The summed E-state index contributed by atoms with van der Waals surface area (Å²) in [5.74, 6) is 0.971. The van der Waals surface area contributed by atoms with Crippen LogP contribution in [0.2, 0.25) is 0 Å². The van der Waals surface area contributed by atoms with Gasteiger partial charge in [0.05, 0.1) is 27.2 Å². The lowest BCUT2D eigenvalue weighted by molar-refractivity contribution is -0.858. The molecular weight excluding hydrogens is 289 g/mol. The molecule has 1 aromatic carbocycles. The first-order valence-corrected chi connectivity index (χ1v) is 5.94. The molecule has 1 rings (SSSR count). The van der Waals surface area contributed by atoms with Gasteiger partial charge in [-0.3, -0.25) is 0 Å². The van der Waals surface area contributed by atoms with Crippen molar-refractivity contribution in [1.29, 1.82) is 0 Å². The average Bonchev–Trinajstić information content (AvgIpc) is 2.15. The van der Waals surface area contributed by atoms with E-state index >= 15 is 0 Å². The van der Waals surface area contributed by atoms with Gasteiger partial charge in [-0.2, -0.15) is 0 Å². The number of quaternary nitrogens is 1. The van der Waals surface area contributed by atoms with Crippen LogP contribution in [0.3, 0.4) is 0 Å². The normalized spacial score (nSPS) is 10.6. The van der Waals surface area contributed by atoms with Gasteiger partial charge in [-0.05, 0) is 46.9 Å². The minimum Gasteiger partial charge on any atom is -0.493 e. The molecular formula is C11H17INO+. The van der Waals surface area contributed by atoms with Crippen molar-refractivity contribution >= 4 is 22.6 Å². The van der Waals surface area contributed by atoms with E-state index in [1.165, 1.54) is 8.47 Å². The third-order valence-electron chi connectivity index (χ3n) is 1.90. The molecule has 0 saturated heterocycles. The molecule has 0 spiro atoms. The fourth-order valence-corrected chi connectivity index (χ4v) is 1.51. The smallest absolute Gasteiger partial charge is 0.119 e. The summed E-state index contributed by atoms with van der Waals surface area (Å²) in [6, 6.07) is 8.16. The van der Waals surface area contributed by atoms with Gasteiger partial charge in [0.15, 0.2) is 0 Å². The summed E-state index contributed by atoms with van der Waals surface area (Å²) in [6.45, 7) is 1.97. The van der Waals surface area contributed by atoms with Crippen molar-refractivity contribution in [1.82, 2.24) is 0 Å². The fraction of sp³-hybridized carbons (Fsp3) is 0.455. The lowest BCUT2D eigenvalue weighted by atomic mass is 10.3. The van der Waals surface area contributed by atoms with E-state index in [1.54, 1.807) is 0 Å². The molecule has 14 heavy (non-hydrogen) atoms. The second-order valence-corrected chi connectivity index (χ2v) is 4.86. The van der Waals surface area contributed by atoms with Crippen LogP contribution in [-0.2, 0) is 0 Å². The standard InChI is InChI=1S/C11H16INO/c1-13(2)8-3-9-14-11-6-4-10(12)5-7-11/h4-7H,3,8-9H2,1-2H3/p+1. The number of halogens is 1. The van der Waals surface area contributed by atoms with Crippen LogP contribution in [0.5, 0.6) is 5.75 Å². The van der Waals surface area contributed by atoms with E-state index < -0.39 is 0 Å². The summed E-state index contributed by atoms with van der Waals surface area (Å²) in [6.07, 6.45) is 1.11. The topological polar surface area (TPSA) is 13.7 Å². The minimum absolute atomic E-state index is 0.811. The molecule has 78 valence electrons. The van der Waals surface area contributed by atoms with E-state index in [0.29, 0.717) is 0 Å². The third-order valence-corrected chi connectivity index (χ3v) is 2.62. The predicted molar refractivity (Wildman–Crippen MR) is 66.9 cm³/mol. The Morgan fingerprint density at radius 1 is 1.21 bits per heavy atom. The van der Waals surface area contributed by atoms with Crippen molar-refractivity contribution in [2.45, 2.75) is 6.42 Å². The molecule has 3 heteroatoms. The van der Waals surface area contributed by atoms with Crippen molar-refractivity contribution in [3.63, 3.8) is 0 Å². The lowest BCUT2D eigenvalue weighted by Crippen LogP contribution is -3.05. The Hall–Kier alpha value is -0.290. The van der Waals surface area contributed by atoms with Crippen LogP contribution < -0.4 is 9.64 Å². The van der Waals surface area contributed by atoms with Gasteiger partial charge in [0, 0.05) is 9.99 Å². The Morgan fingerprint density at radius 3 is 2.43 bits per heavy atom. The van der Waals surface area contributed by atoms with Gasteiger partial charge in [0.1, 0.15) is 5.75 Å². The van der Waals surface area contributed by atoms with Gasteiger partial charge in [-0.15, -0.1) is 0 Å². The largest absolute Gasteiger partial charge is 0.493 e. The highest BCUT2D eigenvalue weighted by molar-refractivity contribution is 14.1. The molecule has 1 N–H and O–H groups in total. The Kier molecular flexibility index (Phi) is 5.25. The molecule has 0 atom stereocenters. The Labute approximate surface area is 99.4 Å². The maximum atomic E-state index is 5.59. The molecule has 0 fully saturated rings. The van der Waals surface area contributed by atoms with Crippen molar-refractivity contribution in [3.8, 4) is 5.75 Å². The Morgan fingerprint density at radius 2 is 1.86 bits per heavy atom. The summed E-state index contributed by atoms with van der Waals surface area (Å²) in [4.78, 5) is 1.47. The van der Waals surface area contributed by atoms with Crippen molar-refractivity contribution in [3.05, 3.63) is 27.8 Å². The highest BCUT2D eigenvalue weighted by Gasteiger charge is 1.96. The summed E-state index contributed by atoms with van der Waals surface area (Å²) in [5.41, 5.74) is 0. The molecule has 2 nitrogen and oxygen atoms in total. The van der Waals surface area contributed by atoms with Crippen LogP contribution in [-0.4, -0.2) is 27.2 Å². The van der Waals surface area contributed by atoms with Crippen molar-refractivity contribution in [2.75, 3.05) is 27.2 Å². The van der Waals surface area contributed by atoms with Gasteiger partial charge in [0.2, 0.25) is 0 Å². The number of nitrogens with one attached hydrogen (secondary N) is 1. The van der Waals surface area contributed by atoms with Crippen LogP contribution in [0.25, 0.3) is 0 Å². The second-order valence-electron chi connectivity index (χ2n) is 3.61. The van der Waals surface area contributed by atoms with Crippen LogP contribution >= 0.6 is 22.6 Å². The van der Waals surface area contributed by atoms with Gasteiger partial charge < -0.3 is 9.64 Å². The van der Waals surface area contributed by atoms with Crippen molar-refractivity contribution < 1.29 is 9.64 Å². The summed E-state index contributed by atoms with van der Waals surface area (Å²) >= 11 is 2.29. The number of benzene rings is 1. The van der Waals surface area contributed by atoms with Crippen LogP contribution in [0, 0.1) is 3.57 Å². The van der Waals surface area contributed by atoms with Crippen molar-refractivity contribution in [2.24, 2.45) is 0 Å². The van der Waals surface area contributed by atoms with E-state index in [4.69, 9.17) is 4.74 Å². The first-order chi connectivity index (χ1) is 6.68. The molecule has 0 saturated carbocycles. The molecule has 0 aliphatic rings. The molecule has 0 heterocycles. The monoisotopic (exact) mass is 306 g/mol. The fourth-order valence-electron chi connectivity index (χ4n) is 1.15. The van der Waals surface area contributed by atoms with E-state index in [-0.39, 0.29) is 0 Å². The first kappa shape index (κ1) is 11.8. The summed E-state index contributed by atoms with van der Waals surface area (Å²) < 4.78 is 6.84. The first-order valence-electron chi connectivity index (χ1n) is 4.86. The minimum atomic E-state index is 0.811. The number of rotatable bonds is 5. The van der Waals surface area contributed by atoms with Gasteiger partial charge in [-0.25, -0.2) is 0 Å². The van der Waals surface area contributed by atoms with E-state index in [9.17, 15) is 0 Å². The van der Waals surface area contributed by atoms with Crippen LogP contribution in [0.4, 0.5) is 0 Å². The van der Waals surface area contributed by atoms with E-state index in [2.05, 4.69) is 48.8 Å². The second kappa shape index (κ2) is 6.24. The summed E-state index contributed by atoms with van der Waals surface area (Å²) in [5, 5.41) is 0. The van der Waals surface area contributed by atoms with Crippen LogP contribution in [0.15, 0.2) is 24.3 Å². The van der Waals surface area contributed by atoms with Gasteiger partial charge >= 0.3 is 0 Å². The van der Waals surface area contributed by atoms with Crippen LogP contribution in [0.1, 0.15) is 6.42 Å². The predicted octanol–water partition coefficient (Wildman–Crippen LogP) is 1.20. The zero-order valence-corrected chi connectivity index (χ0v) is 10.9. The molecule has 0 aliphatic carbocycles.